The quantitative estimate of drug-likeness (QED) is 0.674. The van der Waals surface area contributed by atoms with Crippen molar-refractivity contribution in [1.82, 2.24) is 5.32 Å². The van der Waals surface area contributed by atoms with Gasteiger partial charge in [0.05, 0.1) is 5.60 Å². The van der Waals surface area contributed by atoms with Crippen molar-refractivity contribution in [2.24, 2.45) is 5.92 Å². The second-order valence-corrected chi connectivity index (χ2v) is 7.72. The molecule has 0 fully saturated rings. The van der Waals surface area contributed by atoms with E-state index in [4.69, 9.17) is 4.74 Å². The van der Waals surface area contributed by atoms with Crippen LogP contribution in [0, 0.1) is 5.92 Å². The van der Waals surface area contributed by atoms with Crippen LogP contribution in [0.15, 0.2) is 28.7 Å². The zero-order valence-electron chi connectivity index (χ0n) is 14.1. The molecule has 0 bridgehead atoms. The van der Waals surface area contributed by atoms with Crippen LogP contribution in [0.25, 0.3) is 0 Å². The van der Waals surface area contributed by atoms with E-state index >= 15 is 0 Å². The molecule has 1 atom stereocenters. The SMILES string of the molecule is COC(C)(C)CCC(CNCC(C)C)c1cccc(Br)c1. The monoisotopic (exact) mass is 355 g/mol. The summed E-state index contributed by atoms with van der Waals surface area (Å²) in [5.41, 5.74) is 1.34. The first-order chi connectivity index (χ1) is 9.84. The summed E-state index contributed by atoms with van der Waals surface area (Å²) < 4.78 is 6.71. The molecule has 2 nitrogen and oxygen atoms in total. The van der Waals surface area contributed by atoms with E-state index in [1.807, 2.05) is 0 Å². The molecule has 21 heavy (non-hydrogen) atoms. The van der Waals surface area contributed by atoms with Gasteiger partial charge in [-0.2, -0.15) is 0 Å². The molecule has 0 radical (unpaired) electrons. The summed E-state index contributed by atoms with van der Waals surface area (Å²) in [5, 5.41) is 3.60. The number of hydrogen-bond donors (Lipinski definition) is 1. The third-order valence-electron chi connectivity index (χ3n) is 3.91. The fourth-order valence-corrected chi connectivity index (χ4v) is 2.73. The van der Waals surface area contributed by atoms with Gasteiger partial charge in [-0.05, 0) is 62.8 Å². The summed E-state index contributed by atoms with van der Waals surface area (Å²) in [4.78, 5) is 0. The molecule has 1 aromatic rings. The fourth-order valence-electron chi connectivity index (χ4n) is 2.32. The first-order valence-corrected chi connectivity index (χ1v) is 8.64. The molecule has 1 rings (SSSR count). The summed E-state index contributed by atoms with van der Waals surface area (Å²) in [6.45, 7) is 10.9. The molecule has 3 heteroatoms. The van der Waals surface area contributed by atoms with Crippen molar-refractivity contribution >= 4 is 15.9 Å². The highest BCUT2D eigenvalue weighted by atomic mass is 79.9. The van der Waals surface area contributed by atoms with Gasteiger partial charge in [0.25, 0.3) is 0 Å². The van der Waals surface area contributed by atoms with E-state index in [-0.39, 0.29) is 5.60 Å². The van der Waals surface area contributed by atoms with E-state index in [9.17, 15) is 0 Å². The van der Waals surface area contributed by atoms with Gasteiger partial charge < -0.3 is 10.1 Å². The second-order valence-electron chi connectivity index (χ2n) is 6.81. The Kier molecular flexibility index (Phi) is 7.93. The predicted octanol–water partition coefficient (Wildman–Crippen LogP) is 4.98. The highest BCUT2D eigenvalue weighted by Crippen LogP contribution is 2.27. The summed E-state index contributed by atoms with van der Waals surface area (Å²) in [6, 6.07) is 8.67. The smallest absolute Gasteiger partial charge is 0.0623 e. The Hall–Kier alpha value is -0.380. The molecule has 0 saturated carbocycles. The van der Waals surface area contributed by atoms with E-state index < -0.39 is 0 Å². The van der Waals surface area contributed by atoms with Gasteiger partial charge in [-0.25, -0.2) is 0 Å². The maximum absolute atomic E-state index is 5.56. The zero-order valence-corrected chi connectivity index (χ0v) is 15.7. The molecule has 0 saturated heterocycles. The van der Waals surface area contributed by atoms with Crippen LogP contribution >= 0.6 is 15.9 Å². The van der Waals surface area contributed by atoms with Crippen LogP contribution in [0.4, 0.5) is 0 Å². The zero-order chi connectivity index (χ0) is 15.9. The average molecular weight is 356 g/mol. The van der Waals surface area contributed by atoms with Crippen molar-refractivity contribution in [2.45, 2.75) is 52.1 Å². The van der Waals surface area contributed by atoms with Crippen molar-refractivity contribution in [1.29, 1.82) is 0 Å². The molecular weight excluding hydrogens is 326 g/mol. The van der Waals surface area contributed by atoms with Crippen LogP contribution in [0.1, 0.15) is 52.0 Å². The number of hydrogen-bond acceptors (Lipinski definition) is 2. The molecule has 0 aliphatic rings. The van der Waals surface area contributed by atoms with E-state index in [1.165, 1.54) is 5.56 Å². The summed E-state index contributed by atoms with van der Waals surface area (Å²) in [5.74, 6) is 1.21. The molecule has 0 aromatic heterocycles. The third-order valence-corrected chi connectivity index (χ3v) is 4.40. The van der Waals surface area contributed by atoms with Crippen LogP contribution in [-0.4, -0.2) is 25.8 Å². The molecule has 0 amide bonds. The normalized spacial score (nSPS) is 13.7. The van der Waals surface area contributed by atoms with E-state index in [0.717, 1.165) is 30.4 Å². The molecule has 120 valence electrons. The Morgan fingerprint density at radius 2 is 1.95 bits per heavy atom. The lowest BCUT2D eigenvalue weighted by molar-refractivity contribution is 0.0124. The molecule has 0 aliphatic heterocycles. The minimum Gasteiger partial charge on any atom is -0.379 e. The number of halogens is 1. The Balaban J connectivity index is 2.70. The van der Waals surface area contributed by atoms with E-state index in [0.29, 0.717) is 11.8 Å². The Bertz CT molecular complexity index is 417. The fraction of sp³-hybridized carbons (Fsp3) is 0.667. The Labute approximate surface area is 138 Å². The molecule has 0 aliphatic carbocycles. The number of nitrogens with one attached hydrogen (secondary N) is 1. The van der Waals surface area contributed by atoms with Crippen molar-refractivity contribution in [2.75, 3.05) is 20.2 Å². The van der Waals surface area contributed by atoms with Gasteiger partial charge in [0.15, 0.2) is 0 Å². The molecule has 1 unspecified atom stereocenters. The Morgan fingerprint density at radius 1 is 1.24 bits per heavy atom. The minimum atomic E-state index is -0.0533. The first kappa shape index (κ1) is 18.7. The summed E-state index contributed by atoms with van der Waals surface area (Å²) >= 11 is 3.58. The van der Waals surface area contributed by atoms with Crippen LogP contribution in [0.5, 0.6) is 0 Å². The number of ether oxygens (including phenoxy) is 1. The highest BCUT2D eigenvalue weighted by molar-refractivity contribution is 9.10. The van der Waals surface area contributed by atoms with E-state index in [2.05, 4.69) is 73.2 Å². The van der Waals surface area contributed by atoms with Gasteiger partial charge in [0, 0.05) is 18.1 Å². The molecular formula is C18H30BrNO. The lowest BCUT2D eigenvalue weighted by Crippen LogP contribution is -2.28. The van der Waals surface area contributed by atoms with Crippen molar-refractivity contribution < 1.29 is 4.74 Å². The van der Waals surface area contributed by atoms with E-state index in [1.54, 1.807) is 7.11 Å². The lowest BCUT2D eigenvalue weighted by Gasteiger charge is -2.26. The van der Waals surface area contributed by atoms with Crippen LogP contribution < -0.4 is 5.32 Å². The van der Waals surface area contributed by atoms with Crippen LogP contribution in [-0.2, 0) is 4.74 Å². The maximum Gasteiger partial charge on any atom is 0.0623 e. The van der Waals surface area contributed by atoms with Gasteiger partial charge in [-0.1, -0.05) is 41.9 Å². The third kappa shape index (κ3) is 7.44. The van der Waals surface area contributed by atoms with Gasteiger partial charge in [-0.3, -0.25) is 0 Å². The summed E-state index contributed by atoms with van der Waals surface area (Å²) in [7, 11) is 1.80. The van der Waals surface area contributed by atoms with Crippen LogP contribution in [0.2, 0.25) is 0 Å². The average Bonchev–Trinajstić information content (AvgIpc) is 2.42. The number of rotatable bonds is 9. The maximum atomic E-state index is 5.56. The van der Waals surface area contributed by atoms with Crippen molar-refractivity contribution in [3.05, 3.63) is 34.3 Å². The topological polar surface area (TPSA) is 21.3 Å². The standard InChI is InChI=1S/C18H30BrNO/c1-14(2)12-20-13-16(9-10-18(3,4)21-5)15-7-6-8-17(19)11-15/h6-8,11,14,16,20H,9-10,12-13H2,1-5H3. The van der Waals surface area contributed by atoms with Gasteiger partial charge in [0.2, 0.25) is 0 Å². The van der Waals surface area contributed by atoms with Gasteiger partial charge >= 0.3 is 0 Å². The van der Waals surface area contributed by atoms with Gasteiger partial charge in [-0.15, -0.1) is 0 Å². The van der Waals surface area contributed by atoms with Crippen LogP contribution in [0.3, 0.4) is 0 Å². The lowest BCUT2D eigenvalue weighted by atomic mass is 9.89. The first-order valence-electron chi connectivity index (χ1n) is 7.85. The Morgan fingerprint density at radius 3 is 2.52 bits per heavy atom. The largest absolute Gasteiger partial charge is 0.379 e. The molecule has 0 heterocycles. The predicted molar refractivity (Wildman–Crippen MR) is 94.9 cm³/mol. The molecule has 1 aromatic carbocycles. The van der Waals surface area contributed by atoms with Gasteiger partial charge in [0.1, 0.15) is 0 Å². The molecule has 0 spiro atoms. The summed E-state index contributed by atoms with van der Waals surface area (Å²) in [6.07, 6.45) is 2.19. The second kappa shape index (κ2) is 8.92. The number of methoxy groups -OCH3 is 1. The minimum absolute atomic E-state index is 0.0533. The van der Waals surface area contributed by atoms with Crippen molar-refractivity contribution in [3.63, 3.8) is 0 Å². The van der Waals surface area contributed by atoms with Crippen molar-refractivity contribution in [3.8, 4) is 0 Å². The molecule has 1 N–H and O–H groups in total. The number of benzene rings is 1. The highest BCUT2D eigenvalue weighted by Gasteiger charge is 2.20.